The zero-order valence-electron chi connectivity index (χ0n) is 10.5. The van der Waals surface area contributed by atoms with Crippen LogP contribution in [0.5, 0.6) is 0 Å². The lowest BCUT2D eigenvalue weighted by atomic mass is 10.2. The van der Waals surface area contributed by atoms with Crippen LogP contribution in [-0.4, -0.2) is 19.9 Å². The van der Waals surface area contributed by atoms with Crippen LogP contribution in [0, 0.1) is 0 Å². The zero-order chi connectivity index (χ0) is 13.6. The Morgan fingerprint density at radius 3 is 2.05 bits per heavy atom. The summed E-state index contributed by atoms with van der Waals surface area (Å²) in [5.41, 5.74) is 1.23. The van der Waals surface area contributed by atoms with Gasteiger partial charge in [0.15, 0.2) is 9.84 Å². The fourth-order valence-electron chi connectivity index (χ4n) is 1.68. The Kier molecular flexibility index (Phi) is 5.05. The van der Waals surface area contributed by atoms with E-state index in [1.807, 2.05) is 24.3 Å². The summed E-state index contributed by atoms with van der Waals surface area (Å²) in [6.07, 6.45) is 0. The minimum absolute atomic E-state index is 0.189. The summed E-state index contributed by atoms with van der Waals surface area (Å²) in [5.74, 6) is 1.66. The molecule has 0 heterocycles. The highest BCUT2D eigenvalue weighted by Gasteiger charge is 2.12. The predicted molar refractivity (Wildman–Crippen MR) is 81.1 cm³/mol. The van der Waals surface area contributed by atoms with Gasteiger partial charge in [0.2, 0.25) is 0 Å². The monoisotopic (exact) mass is 292 g/mol. The second-order valence-corrected chi connectivity index (χ2v) is 7.38. The van der Waals surface area contributed by atoms with Gasteiger partial charge in [0.05, 0.1) is 10.6 Å². The topological polar surface area (TPSA) is 34.1 Å². The van der Waals surface area contributed by atoms with E-state index in [-0.39, 0.29) is 5.75 Å². The van der Waals surface area contributed by atoms with Crippen molar-refractivity contribution < 1.29 is 8.42 Å². The Balaban J connectivity index is 1.83. The third-order valence-corrected chi connectivity index (χ3v) is 5.73. The summed E-state index contributed by atoms with van der Waals surface area (Å²) in [5, 5.41) is 0. The second-order valence-electron chi connectivity index (χ2n) is 4.17. The number of benzene rings is 2. The van der Waals surface area contributed by atoms with Crippen LogP contribution < -0.4 is 0 Å². The van der Waals surface area contributed by atoms with Gasteiger partial charge in [-0.3, -0.25) is 0 Å². The standard InChI is InChI=1S/C15H16O2S2/c16-19(17,15-9-5-2-6-10-15)12-11-18-13-14-7-3-1-4-8-14/h1-10H,11-13H2. The van der Waals surface area contributed by atoms with Gasteiger partial charge in [0.25, 0.3) is 0 Å². The van der Waals surface area contributed by atoms with E-state index in [0.29, 0.717) is 10.6 Å². The molecule has 0 atom stereocenters. The maximum Gasteiger partial charge on any atom is 0.179 e. The minimum atomic E-state index is -3.14. The molecule has 0 aromatic heterocycles. The lowest BCUT2D eigenvalue weighted by Crippen LogP contribution is -2.08. The van der Waals surface area contributed by atoms with Gasteiger partial charge in [0, 0.05) is 11.5 Å². The van der Waals surface area contributed by atoms with Crippen molar-refractivity contribution in [1.82, 2.24) is 0 Å². The number of rotatable bonds is 6. The van der Waals surface area contributed by atoms with E-state index >= 15 is 0 Å². The molecule has 2 rings (SSSR count). The number of sulfone groups is 1. The van der Waals surface area contributed by atoms with E-state index in [0.717, 1.165) is 5.75 Å². The van der Waals surface area contributed by atoms with Crippen molar-refractivity contribution in [1.29, 1.82) is 0 Å². The predicted octanol–water partition coefficient (Wildman–Crippen LogP) is 3.39. The molecule has 100 valence electrons. The summed E-state index contributed by atoms with van der Waals surface area (Å²) in [6.45, 7) is 0. The fraction of sp³-hybridized carbons (Fsp3) is 0.200. The Morgan fingerprint density at radius 1 is 0.842 bits per heavy atom. The minimum Gasteiger partial charge on any atom is -0.224 e. The van der Waals surface area contributed by atoms with Gasteiger partial charge < -0.3 is 0 Å². The van der Waals surface area contributed by atoms with Gasteiger partial charge in [-0.05, 0) is 17.7 Å². The smallest absolute Gasteiger partial charge is 0.179 e. The molecule has 0 aliphatic heterocycles. The quantitative estimate of drug-likeness (QED) is 0.765. The fourth-order valence-corrected chi connectivity index (χ4v) is 4.41. The average molecular weight is 292 g/mol. The van der Waals surface area contributed by atoms with Crippen LogP contribution in [0.1, 0.15) is 5.56 Å². The van der Waals surface area contributed by atoms with Crippen molar-refractivity contribution in [2.45, 2.75) is 10.6 Å². The van der Waals surface area contributed by atoms with Crippen LogP contribution in [0.2, 0.25) is 0 Å². The average Bonchev–Trinajstić information content (AvgIpc) is 2.46. The summed E-state index contributed by atoms with van der Waals surface area (Å²) in [6, 6.07) is 18.7. The van der Waals surface area contributed by atoms with Gasteiger partial charge in [-0.25, -0.2) is 8.42 Å². The molecule has 0 unspecified atom stereocenters. The maximum atomic E-state index is 12.0. The third-order valence-electron chi connectivity index (χ3n) is 2.71. The van der Waals surface area contributed by atoms with Crippen LogP contribution in [0.15, 0.2) is 65.6 Å². The van der Waals surface area contributed by atoms with Crippen molar-refractivity contribution in [3.05, 3.63) is 66.2 Å². The highest BCUT2D eigenvalue weighted by molar-refractivity contribution is 8.00. The Hall–Kier alpha value is -1.26. The molecule has 0 spiro atoms. The van der Waals surface area contributed by atoms with Crippen molar-refractivity contribution in [3.8, 4) is 0 Å². The molecule has 0 fully saturated rings. The van der Waals surface area contributed by atoms with Crippen LogP contribution in [-0.2, 0) is 15.6 Å². The largest absolute Gasteiger partial charge is 0.224 e. The number of thioether (sulfide) groups is 1. The Morgan fingerprint density at radius 2 is 1.42 bits per heavy atom. The molecule has 0 amide bonds. The van der Waals surface area contributed by atoms with Crippen molar-refractivity contribution in [2.75, 3.05) is 11.5 Å². The van der Waals surface area contributed by atoms with E-state index in [2.05, 4.69) is 12.1 Å². The third kappa shape index (κ3) is 4.40. The molecule has 2 aromatic carbocycles. The van der Waals surface area contributed by atoms with Gasteiger partial charge >= 0.3 is 0 Å². The van der Waals surface area contributed by atoms with Crippen LogP contribution in [0.3, 0.4) is 0 Å². The molecular weight excluding hydrogens is 276 g/mol. The molecule has 2 nitrogen and oxygen atoms in total. The first-order valence-electron chi connectivity index (χ1n) is 6.08. The molecule has 0 radical (unpaired) electrons. The summed E-state index contributed by atoms with van der Waals surface area (Å²) < 4.78 is 24.1. The first-order valence-corrected chi connectivity index (χ1v) is 8.89. The highest BCUT2D eigenvalue weighted by Crippen LogP contribution is 2.15. The summed E-state index contributed by atoms with van der Waals surface area (Å²) in [4.78, 5) is 0.412. The normalized spacial score (nSPS) is 11.4. The SMILES string of the molecule is O=S(=O)(CCSCc1ccccc1)c1ccccc1. The molecule has 0 aliphatic rings. The summed E-state index contributed by atoms with van der Waals surface area (Å²) in [7, 11) is -3.14. The Bertz CT molecular complexity index is 593. The lowest BCUT2D eigenvalue weighted by molar-refractivity contribution is 0.597. The van der Waals surface area contributed by atoms with Gasteiger partial charge in [-0.2, -0.15) is 11.8 Å². The molecule has 0 saturated carbocycles. The lowest BCUT2D eigenvalue weighted by Gasteiger charge is -2.04. The molecule has 19 heavy (non-hydrogen) atoms. The molecule has 0 saturated heterocycles. The molecule has 2 aromatic rings. The molecule has 0 bridgehead atoms. The highest BCUT2D eigenvalue weighted by atomic mass is 32.2. The van der Waals surface area contributed by atoms with Gasteiger partial charge in [-0.1, -0.05) is 48.5 Å². The van der Waals surface area contributed by atoms with E-state index in [9.17, 15) is 8.42 Å². The van der Waals surface area contributed by atoms with Crippen molar-refractivity contribution in [3.63, 3.8) is 0 Å². The van der Waals surface area contributed by atoms with Crippen molar-refractivity contribution in [2.24, 2.45) is 0 Å². The number of hydrogen-bond donors (Lipinski definition) is 0. The van der Waals surface area contributed by atoms with E-state index in [1.165, 1.54) is 5.56 Å². The van der Waals surface area contributed by atoms with E-state index in [4.69, 9.17) is 0 Å². The van der Waals surface area contributed by atoms with Crippen LogP contribution >= 0.6 is 11.8 Å². The van der Waals surface area contributed by atoms with Crippen LogP contribution in [0.4, 0.5) is 0 Å². The molecular formula is C15H16O2S2. The number of hydrogen-bond acceptors (Lipinski definition) is 3. The summed E-state index contributed by atoms with van der Waals surface area (Å²) >= 11 is 1.65. The van der Waals surface area contributed by atoms with E-state index in [1.54, 1.807) is 36.0 Å². The Labute approximate surface area is 118 Å². The maximum absolute atomic E-state index is 12.0. The zero-order valence-corrected chi connectivity index (χ0v) is 12.2. The molecule has 4 heteroatoms. The molecule has 0 N–H and O–H groups in total. The van der Waals surface area contributed by atoms with Gasteiger partial charge in [0.1, 0.15) is 0 Å². The second kappa shape index (κ2) is 6.78. The van der Waals surface area contributed by atoms with Crippen LogP contribution in [0.25, 0.3) is 0 Å². The van der Waals surface area contributed by atoms with E-state index < -0.39 is 9.84 Å². The van der Waals surface area contributed by atoms with Crippen molar-refractivity contribution >= 4 is 21.6 Å². The first-order chi connectivity index (χ1) is 9.18. The molecule has 0 aliphatic carbocycles. The van der Waals surface area contributed by atoms with Gasteiger partial charge in [-0.15, -0.1) is 0 Å². The first kappa shape index (κ1) is 14.2.